The number of likely N-dealkylation sites (N-methyl/N-ethyl adjacent to an activating group) is 1. The lowest BCUT2D eigenvalue weighted by Crippen LogP contribution is -2.46. The Morgan fingerprint density at radius 1 is 1.47 bits per heavy atom. The minimum Gasteiger partial charge on any atom is -0.365 e. The van der Waals surface area contributed by atoms with Crippen LogP contribution in [0.25, 0.3) is 0 Å². The van der Waals surface area contributed by atoms with E-state index in [0.717, 1.165) is 18.4 Å². The second kappa shape index (κ2) is 6.47. The molecule has 6 nitrogen and oxygen atoms in total. The van der Waals surface area contributed by atoms with Crippen LogP contribution in [0.3, 0.4) is 0 Å². The van der Waals surface area contributed by atoms with Gasteiger partial charge in [0, 0.05) is 32.5 Å². The van der Waals surface area contributed by atoms with Gasteiger partial charge in [0.15, 0.2) is 0 Å². The molecular formula is C13H20N4O2. The first-order chi connectivity index (χ1) is 9.19. The van der Waals surface area contributed by atoms with Crippen LogP contribution in [0.1, 0.15) is 18.9 Å². The Bertz CT molecular complexity index is 421. The smallest absolute Gasteiger partial charge is 0.248 e. The van der Waals surface area contributed by atoms with E-state index in [-0.39, 0.29) is 18.6 Å². The van der Waals surface area contributed by atoms with E-state index in [1.807, 2.05) is 12.4 Å². The fraction of sp³-hybridized carbons (Fsp3) is 0.615. The average molecular weight is 264 g/mol. The first-order valence-corrected chi connectivity index (χ1v) is 6.59. The quantitative estimate of drug-likeness (QED) is 0.848. The molecule has 1 unspecified atom stereocenters. The fourth-order valence-electron chi connectivity index (χ4n) is 1.95. The first kappa shape index (κ1) is 13.7. The summed E-state index contributed by atoms with van der Waals surface area (Å²) in [6.45, 7) is 3.48. The number of hydrogen-bond donors (Lipinski definition) is 1. The number of carbonyl (C=O) groups excluding carboxylic acids is 1. The molecular weight excluding hydrogens is 244 g/mol. The van der Waals surface area contributed by atoms with Gasteiger partial charge >= 0.3 is 0 Å². The highest BCUT2D eigenvalue weighted by Crippen LogP contribution is 2.07. The fourth-order valence-corrected chi connectivity index (χ4v) is 1.95. The highest BCUT2D eigenvalue weighted by atomic mass is 16.5. The summed E-state index contributed by atoms with van der Waals surface area (Å²) in [7, 11) is 1.79. The summed E-state index contributed by atoms with van der Waals surface area (Å²) in [5, 5.41) is 3.13. The van der Waals surface area contributed by atoms with Crippen molar-refractivity contribution in [3.05, 3.63) is 18.0 Å². The summed E-state index contributed by atoms with van der Waals surface area (Å²) in [5.41, 5.74) is 1.15. The summed E-state index contributed by atoms with van der Waals surface area (Å²) in [5.74, 6) is 0.624. The molecule has 1 fully saturated rings. The SMILES string of the molecule is CCCc1cnc(NCC2CN(C)C(=O)CO2)nc1. The van der Waals surface area contributed by atoms with Gasteiger partial charge in [0.25, 0.3) is 0 Å². The standard InChI is InChI=1S/C13H20N4O2/c1-3-4-10-5-14-13(15-6-10)16-7-11-8-17(2)12(18)9-19-11/h5-6,11H,3-4,7-9H2,1-2H3,(H,14,15,16). The lowest BCUT2D eigenvalue weighted by molar-refractivity contribution is -0.145. The van der Waals surface area contributed by atoms with Gasteiger partial charge in [-0.3, -0.25) is 4.79 Å². The Labute approximate surface area is 113 Å². The van der Waals surface area contributed by atoms with Crippen molar-refractivity contribution in [2.45, 2.75) is 25.9 Å². The zero-order valence-corrected chi connectivity index (χ0v) is 11.4. The number of hydrogen-bond acceptors (Lipinski definition) is 5. The third kappa shape index (κ3) is 3.89. The third-order valence-electron chi connectivity index (χ3n) is 3.08. The van der Waals surface area contributed by atoms with E-state index in [1.54, 1.807) is 11.9 Å². The number of nitrogens with one attached hydrogen (secondary N) is 1. The molecule has 0 bridgehead atoms. The van der Waals surface area contributed by atoms with Crippen molar-refractivity contribution in [1.82, 2.24) is 14.9 Å². The topological polar surface area (TPSA) is 67.4 Å². The molecule has 1 N–H and O–H groups in total. The highest BCUT2D eigenvalue weighted by molar-refractivity contribution is 5.77. The molecule has 1 aromatic rings. The third-order valence-corrected chi connectivity index (χ3v) is 3.08. The summed E-state index contributed by atoms with van der Waals surface area (Å²) >= 11 is 0. The Morgan fingerprint density at radius 2 is 2.21 bits per heavy atom. The molecule has 2 heterocycles. The molecule has 0 saturated carbocycles. The van der Waals surface area contributed by atoms with Crippen LogP contribution >= 0.6 is 0 Å². The Kier molecular flexibility index (Phi) is 4.68. The molecule has 19 heavy (non-hydrogen) atoms. The maximum Gasteiger partial charge on any atom is 0.248 e. The minimum atomic E-state index is -0.0124. The first-order valence-electron chi connectivity index (χ1n) is 6.59. The van der Waals surface area contributed by atoms with Crippen molar-refractivity contribution < 1.29 is 9.53 Å². The van der Waals surface area contributed by atoms with E-state index in [4.69, 9.17) is 4.74 Å². The molecule has 0 radical (unpaired) electrons. The molecule has 1 atom stereocenters. The second-order valence-electron chi connectivity index (χ2n) is 4.75. The van der Waals surface area contributed by atoms with Gasteiger partial charge in [0.1, 0.15) is 6.61 Å². The van der Waals surface area contributed by atoms with Crippen LogP contribution in [-0.4, -0.2) is 53.6 Å². The molecule has 1 saturated heterocycles. The van der Waals surface area contributed by atoms with Crippen LogP contribution in [-0.2, 0) is 16.0 Å². The second-order valence-corrected chi connectivity index (χ2v) is 4.75. The number of carbonyl (C=O) groups is 1. The van der Waals surface area contributed by atoms with Crippen molar-refractivity contribution >= 4 is 11.9 Å². The minimum absolute atomic E-state index is 0.0124. The molecule has 1 amide bonds. The molecule has 104 valence electrons. The maximum absolute atomic E-state index is 11.3. The highest BCUT2D eigenvalue weighted by Gasteiger charge is 2.23. The van der Waals surface area contributed by atoms with Crippen LogP contribution in [0.4, 0.5) is 5.95 Å². The predicted octanol–water partition coefficient (Wildman–Crippen LogP) is 0.698. The van der Waals surface area contributed by atoms with Gasteiger partial charge in [-0.25, -0.2) is 9.97 Å². The molecule has 0 aromatic carbocycles. The van der Waals surface area contributed by atoms with Crippen LogP contribution in [0, 0.1) is 0 Å². The summed E-state index contributed by atoms with van der Waals surface area (Å²) in [6.07, 6.45) is 5.76. The predicted molar refractivity (Wildman–Crippen MR) is 71.9 cm³/mol. The van der Waals surface area contributed by atoms with E-state index in [0.29, 0.717) is 19.0 Å². The molecule has 2 rings (SSSR count). The lowest BCUT2D eigenvalue weighted by atomic mass is 10.2. The van der Waals surface area contributed by atoms with Gasteiger partial charge < -0.3 is 15.0 Å². The zero-order chi connectivity index (χ0) is 13.7. The number of rotatable bonds is 5. The van der Waals surface area contributed by atoms with Crippen molar-refractivity contribution in [2.24, 2.45) is 0 Å². The van der Waals surface area contributed by atoms with E-state index in [9.17, 15) is 4.79 Å². The van der Waals surface area contributed by atoms with E-state index >= 15 is 0 Å². The summed E-state index contributed by atoms with van der Waals surface area (Å²) < 4.78 is 5.44. The van der Waals surface area contributed by atoms with Crippen molar-refractivity contribution in [3.8, 4) is 0 Å². The summed E-state index contributed by atoms with van der Waals surface area (Å²) in [4.78, 5) is 21.5. The van der Waals surface area contributed by atoms with E-state index in [2.05, 4.69) is 22.2 Å². The van der Waals surface area contributed by atoms with Gasteiger partial charge in [0.05, 0.1) is 6.10 Å². The van der Waals surface area contributed by atoms with Crippen LogP contribution in [0.5, 0.6) is 0 Å². The molecule has 6 heteroatoms. The van der Waals surface area contributed by atoms with Crippen molar-refractivity contribution in [3.63, 3.8) is 0 Å². The Hall–Kier alpha value is -1.69. The normalized spacial score (nSPS) is 19.6. The molecule has 1 aromatic heterocycles. The van der Waals surface area contributed by atoms with Gasteiger partial charge in [-0.1, -0.05) is 13.3 Å². The largest absolute Gasteiger partial charge is 0.365 e. The van der Waals surface area contributed by atoms with Crippen LogP contribution in [0.2, 0.25) is 0 Å². The molecule has 1 aliphatic heterocycles. The Balaban J connectivity index is 1.80. The molecule has 0 aliphatic carbocycles. The molecule has 1 aliphatic rings. The monoisotopic (exact) mass is 264 g/mol. The number of nitrogens with zero attached hydrogens (tertiary/aromatic N) is 3. The van der Waals surface area contributed by atoms with E-state index in [1.165, 1.54) is 0 Å². The van der Waals surface area contributed by atoms with E-state index < -0.39 is 0 Å². The number of ether oxygens (including phenoxy) is 1. The van der Waals surface area contributed by atoms with Gasteiger partial charge in [-0.05, 0) is 12.0 Å². The number of morpholine rings is 1. The molecule has 0 spiro atoms. The van der Waals surface area contributed by atoms with Gasteiger partial charge in [0.2, 0.25) is 11.9 Å². The maximum atomic E-state index is 11.3. The van der Waals surface area contributed by atoms with Crippen LogP contribution in [0.15, 0.2) is 12.4 Å². The van der Waals surface area contributed by atoms with Crippen molar-refractivity contribution in [2.75, 3.05) is 32.1 Å². The number of aryl methyl sites for hydroxylation is 1. The number of amides is 1. The summed E-state index contributed by atoms with van der Waals surface area (Å²) in [6, 6.07) is 0. The van der Waals surface area contributed by atoms with Gasteiger partial charge in [-0.15, -0.1) is 0 Å². The average Bonchev–Trinajstić information content (AvgIpc) is 2.42. The lowest BCUT2D eigenvalue weighted by Gasteiger charge is -2.29. The number of aromatic nitrogens is 2. The zero-order valence-electron chi connectivity index (χ0n) is 11.4. The van der Waals surface area contributed by atoms with Gasteiger partial charge in [-0.2, -0.15) is 0 Å². The van der Waals surface area contributed by atoms with Crippen molar-refractivity contribution in [1.29, 1.82) is 0 Å². The number of anilines is 1. The Morgan fingerprint density at radius 3 is 2.84 bits per heavy atom. The van der Waals surface area contributed by atoms with Crippen LogP contribution < -0.4 is 5.32 Å².